The molecule has 1 unspecified atom stereocenters. The van der Waals surface area contributed by atoms with Crippen LogP contribution in [0, 0.1) is 5.92 Å². The number of hydrogen-bond donors (Lipinski definition) is 2. The minimum absolute atomic E-state index is 0.249. The normalized spacial score (nSPS) is 19.2. The summed E-state index contributed by atoms with van der Waals surface area (Å²) in [5.74, 6) is -0.313. The van der Waals surface area contributed by atoms with Crippen molar-refractivity contribution in [3.8, 4) is 0 Å². The number of carboxylic acids is 1. The van der Waals surface area contributed by atoms with Crippen LogP contribution in [0.4, 0.5) is 4.79 Å². The van der Waals surface area contributed by atoms with Crippen LogP contribution in [0.2, 0.25) is 0 Å². The molecule has 0 aliphatic carbocycles. The van der Waals surface area contributed by atoms with Crippen LogP contribution in [0.5, 0.6) is 0 Å². The molecule has 0 aromatic carbocycles. The Labute approximate surface area is 95.8 Å². The highest BCUT2D eigenvalue weighted by Gasteiger charge is 2.24. The summed E-state index contributed by atoms with van der Waals surface area (Å²) >= 11 is 0. The molecule has 0 radical (unpaired) electrons. The molecule has 2 amide bonds. The average molecular weight is 228 g/mol. The number of piperidine rings is 1. The average Bonchev–Trinajstić information content (AvgIpc) is 2.26. The van der Waals surface area contributed by atoms with Crippen LogP contribution in [-0.2, 0) is 4.79 Å². The Morgan fingerprint density at radius 2 is 2.00 bits per heavy atom. The largest absolute Gasteiger partial charge is 0.480 e. The third kappa shape index (κ3) is 3.40. The van der Waals surface area contributed by atoms with Crippen LogP contribution in [-0.4, -0.2) is 41.1 Å². The van der Waals surface area contributed by atoms with Gasteiger partial charge in [0.1, 0.15) is 6.04 Å². The summed E-state index contributed by atoms with van der Waals surface area (Å²) in [6.45, 7) is 5.37. The Kier molecular flexibility index (Phi) is 4.58. The van der Waals surface area contributed by atoms with E-state index in [-0.39, 0.29) is 6.03 Å². The second kappa shape index (κ2) is 5.72. The smallest absolute Gasteiger partial charge is 0.326 e. The van der Waals surface area contributed by atoms with Gasteiger partial charge in [0, 0.05) is 13.1 Å². The predicted molar refractivity (Wildman–Crippen MR) is 60.2 cm³/mol. The minimum Gasteiger partial charge on any atom is -0.480 e. The van der Waals surface area contributed by atoms with Crippen LogP contribution >= 0.6 is 0 Å². The van der Waals surface area contributed by atoms with E-state index in [9.17, 15) is 9.59 Å². The maximum absolute atomic E-state index is 11.7. The molecule has 92 valence electrons. The number of nitrogens with one attached hydrogen (secondary N) is 1. The molecule has 0 spiro atoms. The molecule has 1 heterocycles. The highest BCUT2D eigenvalue weighted by molar-refractivity contribution is 5.82. The Balaban J connectivity index is 2.42. The first-order valence-electron chi connectivity index (χ1n) is 5.82. The van der Waals surface area contributed by atoms with E-state index in [2.05, 4.69) is 12.2 Å². The standard InChI is InChI=1S/C11H20N2O3/c1-3-9(10(14)15)12-11(16)13-6-4-8(2)5-7-13/h8-9H,3-7H2,1-2H3,(H,12,16)(H,14,15). The Hall–Kier alpha value is -1.26. The SMILES string of the molecule is CCC(NC(=O)N1CCC(C)CC1)C(=O)O. The maximum Gasteiger partial charge on any atom is 0.326 e. The van der Waals surface area contributed by atoms with Crippen LogP contribution in [0.1, 0.15) is 33.1 Å². The molecule has 1 fully saturated rings. The molecule has 1 saturated heterocycles. The summed E-state index contributed by atoms with van der Waals surface area (Å²) in [6, 6.07) is -1.02. The number of urea groups is 1. The molecular weight excluding hydrogens is 208 g/mol. The van der Waals surface area contributed by atoms with Gasteiger partial charge in [-0.3, -0.25) is 0 Å². The molecule has 16 heavy (non-hydrogen) atoms. The first-order valence-corrected chi connectivity index (χ1v) is 5.82. The molecule has 0 aromatic heterocycles. The molecule has 1 aliphatic rings. The van der Waals surface area contributed by atoms with E-state index in [4.69, 9.17) is 5.11 Å². The molecule has 0 aromatic rings. The fourth-order valence-corrected chi connectivity index (χ4v) is 1.79. The van der Waals surface area contributed by atoms with E-state index in [0.717, 1.165) is 25.9 Å². The summed E-state index contributed by atoms with van der Waals surface area (Å²) in [4.78, 5) is 24.2. The van der Waals surface area contributed by atoms with Crippen molar-refractivity contribution >= 4 is 12.0 Å². The molecule has 0 bridgehead atoms. The summed E-state index contributed by atoms with van der Waals surface area (Å²) in [5, 5.41) is 11.4. The minimum atomic E-state index is -0.971. The van der Waals surface area contributed by atoms with Crippen molar-refractivity contribution in [3.63, 3.8) is 0 Å². The van der Waals surface area contributed by atoms with Crippen LogP contribution < -0.4 is 5.32 Å². The molecule has 1 rings (SSSR count). The molecular formula is C11H20N2O3. The predicted octanol–water partition coefficient (Wildman–Crippen LogP) is 1.29. The Morgan fingerprint density at radius 3 is 2.44 bits per heavy atom. The van der Waals surface area contributed by atoms with E-state index in [1.54, 1.807) is 11.8 Å². The van der Waals surface area contributed by atoms with Crippen LogP contribution in [0.3, 0.4) is 0 Å². The number of likely N-dealkylation sites (tertiary alicyclic amines) is 1. The highest BCUT2D eigenvalue weighted by Crippen LogP contribution is 2.15. The lowest BCUT2D eigenvalue weighted by Gasteiger charge is -2.31. The fourth-order valence-electron chi connectivity index (χ4n) is 1.79. The van der Waals surface area contributed by atoms with Crippen molar-refractivity contribution in [1.82, 2.24) is 10.2 Å². The lowest BCUT2D eigenvalue weighted by Crippen LogP contribution is -2.49. The van der Waals surface area contributed by atoms with Crippen molar-refractivity contribution in [2.45, 2.75) is 39.2 Å². The van der Waals surface area contributed by atoms with Gasteiger partial charge in [-0.2, -0.15) is 0 Å². The van der Waals surface area contributed by atoms with Crippen molar-refractivity contribution in [2.24, 2.45) is 5.92 Å². The molecule has 1 atom stereocenters. The lowest BCUT2D eigenvalue weighted by molar-refractivity contribution is -0.139. The van der Waals surface area contributed by atoms with Gasteiger partial charge in [-0.15, -0.1) is 0 Å². The fraction of sp³-hybridized carbons (Fsp3) is 0.818. The van der Waals surface area contributed by atoms with Gasteiger partial charge in [0.2, 0.25) is 0 Å². The molecule has 2 N–H and O–H groups in total. The molecule has 0 saturated carbocycles. The van der Waals surface area contributed by atoms with Crippen LogP contribution in [0.15, 0.2) is 0 Å². The topological polar surface area (TPSA) is 69.6 Å². The number of nitrogens with zero attached hydrogens (tertiary/aromatic N) is 1. The second-order valence-electron chi connectivity index (χ2n) is 4.42. The van der Waals surface area contributed by atoms with E-state index in [0.29, 0.717) is 12.3 Å². The van der Waals surface area contributed by atoms with E-state index in [1.807, 2.05) is 0 Å². The Morgan fingerprint density at radius 1 is 1.44 bits per heavy atom. The summed E-state index contributed by atoms with van der Waals surface area (Å²) in [6.07, 6.45) is 2.40. The Bertz CT molecular complexity index is 260. The number of hydrogen-bond acceptors (Lipinski definition) is 2. The zero-order valence-corrected chi connectivity index (χ0v) is 9.90. The number of aliphatic carboxylic acids is 1. The van der Waals surface area contributed by atoms with Gasteiger partial charge < -0.3 is 15.3 Å². The van der Waals surface area contributed by atoms with Gasteiger partial charge in [0.15, 0.2) is 0 Å². The number of carbonyl (C=O) groups is 2. The summed E-state index contributed by atoms with van der Waals surface area (Å²) < 4.78 is 0. The van der Waals surface area contributed by atoms with Gasteiger partial charge in [-0.05, 0) is 25.2 Å². The summed E-state index contributed by atoms with van der Waals surface area (Å²) in [7, 11) is 0. The van der Waals surface area contributed by atoms with Crippen molar-refractivity contribution in [1.29, 1.82) is 0 Å². The quantitative estimate of drug-likeness (QED) is 0.764. The third-order valence-corrected chi connectivity index (χ3v) is 3.07. The molecule has 1 aliphatic heterocycles. The van der Waals surface area contributed by atoms with Crippen molar-refractivity contribution in [3.05, 3.63) is 0 Å². The highest BCUT2D eigenvalue weighted by atomic mass is 16.4. The van der Waals surface area contributed by atoms with Gasteiger partial charge in [0.05, 0.1) is 0 Å². The number of carbonyl (C=O) groups excluding carboxylic acids is 1. The monoisotopic (exact) mass is 228 g/mol. The number of carboxylic acid groups (broad SMARTS) is 1. The van der Waals surface area contributed by atoms with Crippen molar-refractivity contribution in [2.75, 3.05) is 13.1 Å². The van der Waals surface area contributed by atoms with Crippen molar-refractivity contribution < 1.29 is 14.7 Å². The molecule has 5 heteroatoms. The van der Waals surface area contributed by atoms with Gasteiger partial charge in [-0.25, -0.2) is 9.59 Å². The first-order chi connectivity index (χ1) is 7.54. The summed E-state index contributed by atoms with van der Waals surface area (Å²) in [5.41, 5.74) is 0. The second-order valence-corrected chi connectivity index (χ2v) is 4.42. The van der Waals surface area contributed by atoms with Gasteiger partial charge in [0.25, 0.3) is 0 Å². The maximum atomic E-state index is 11.7. The van der Waals surface area contributed by atoms with Gasteiger partial charge in [-0.1, -0.05) is 13.8 Å². The third-order valence-electron chi connectivity index (χ3n) is 3.07. The zero-order valence-electron chi connectivity index (χ0n) is 9.90. The lowest BCUT2D eigenvalue weighted by atomic mass is 10.00. The van der Waals surface area contributed by atoms with E-state index >= 15 is 0 Å². The van der Waals surface area contributed by atoms with E-state index < -0.39 is 12.0 Å². The van der Waals surface area contributed by atoms with Crippen LogP contribution in [0.25, 0.3) is 0 Å². The zero-order chi connectivity index (χ0) is 12.1. The number of amides is 2. The van der Waals surface area contributed by atoms with Gasteiger partial charge >= 0.3 is 12.0 Å². The first kappa shape index (κ1) is 12.8. The molecule has 5 nitrogen and oxygen atoms in total. The van der Waals surface area contributed by atoms with E-state index in [1.165, 1.54) is 0 Å². The number of rotatable bonds is 3.